The molecule has 0 heterocycles. The molecule has 0 saturated carbocycles. The summed E-state index contributed by atoms with van der Waals surface area (Å²) in [6.07, 6.45) is -0.877. The predicted molar refractivity (Wildman–Crippen MR) is 66.7 cm³/mol. The largest absolute Gasteiger partial charge is 0.391 e. The Bertz CT molecular complexity index is 417. The first-order chi connectivity index (χ1) is 8.36. The van der Waals surface area contributed by atoms with E-state index in [9.17, 15) is 9.59 Å². The fourth-order valence-corrected chi connectivity index (χ4v) is 1.29. The molecule has 0 saturated heterocycles. The summed E-state index contributed by atoms with van der Waals surface area (Å²) in [5.41, 5.74) is -0.0586. The molecule has 1 rings (SSSR count). The zero-order valence-corrected chi connectivity index (χ0v) is 11.1. The first kappa shape index (κ1) is 14.4. The summed E-state index contributed by atoms with van der Waals surface area (Å²) in [4.78, 5) is 23.5. The van der Waals surface area contributed by atoms with E-state index in [1.165, 1.54) is 7.11 Å². The second kappa shape index (κ2) is 5.78. The van der Waals surface area contributed by atoms with Gasteiger partial charge < -0.3 is 9.47 Å². The van der Waals surface area contributed by atoms with E-state index in [-0.39, 0.29) is 0 Å². The Morgan fingerprint density at radius 3 is 2.11 bits per heavy atom. The maximum atomic E-state index is 11.9. The van der Waals surface area contributed by atoms with Crippen LogP contribution in [0.25, 0.3) is 0 Å². The highest BCUT2D eigenvalue weighted by Gasteiger charge is 2.30. The van der Waals surface area contributed by atoms with Gasteiger partial charge in [0.05, 0.1) is 5.41 Å². The minimum absolute atomic E-state index is 0.564. The van der Waals surface area contributed by atoms with Gasteiger partial charge in [-0.25, -0.2) is 4.79 Å². The monoisotopic (exact) mass is 250 g/mol. The first-order valence-corrected chi connectivity index (χ1v) is 5.70. The zero-order valence-electron chi connectivity index (χ0n) is 11.1. The molecule has 1 unspecified atom stereocenters. The van der Waals surface area contributed by atoms with E-state index in [4.69, 9.17) is 9.47 Å². The third kappa shape index (κ3) is 3.67. The number of carbonyl (C=O) groups is 2. The molecule has 1 aromatic carbocycles. The molecule has 98 valence electrons. The molecule has 18 heavy (non-hydrogen) atoms. The number of ether oxygens (including phenoxy) is 2. The van der Waals surface area contributed by atoms with Crippen LogP contribution in [0, 0.1) is 5.41 Å². The van der Waals surface area contributed by atoms with Crippen LogP contribution in [0.15, 0.2) is 30.3 Å². The van der Waals surface area contributed by atoms with Crippen LogP contribution >= 0.6 is 0 Å². The van der Waals surface area contributed by atoms with E-state index in [1.807, 2.05) is 6.07 Å². The van der Waals surface area contributed by atoms with Crippen molar-refractivity contribution in [3.8, 4) is 0 Å². The van der Waals surface area contributed by atoms with Gasteiger partial charge in [-0.15, -0.1) is 0 Å². The Kier molecular flexibility index (Phi) is 4.62. The second-order valence-corrected chi connectivity index (χ2v) is 4.98. The SMILES string of the molecule is COC(C(=O)OC(=O)C(C)(C)C)c1ccccc1. The Morgan fingerprint density at radius 1 is 1.11 bits per heavy atom. The minimum Gasteiger partial charge on any atom is -0.391 e. The lowest BCUT2D eigenvalue weighted by molar-refractivity contribution is -0.172. The van der Waals surface area contributed by atoms with E-state index >= 15 is 0 Å². The maximum absolute atomic E-state index is 11.9. The molecule has 0 radical (unpaired) electrons. The average molecular weight is 250 g/mol. The summed E-state index contributed by atoms with van der Waals surface area (Å²) in [5.74, 6) is -1.26. The highest BCUT2D eigenvalue weighted by atomic mass is 16.6. The molecular formula is C14H18O4. The molecule has 0 aliphatic rings. The van der Waals surface area contributed by atoms with E-state index in [0.717, 1.165) is 0 Å². The smallest absolute Gasteiger partial charge is 0.347 e. The number of hydrogen-bond acceptors (Lipinski definition) is 4. The van der Waals surface area contributed by atoms with Crippen molar-refractivity contribution in [2.24, 2.45) is 5.41 Å². The Labute approximate surface area is 107 Å². The van der Waals surface area contributed by atoms with Crippen LogP contribution in [0.5, 0.6) is 0 Å². The summed E-state index contributed by atoms with van der Waals surface area (Å²) in [5, 5.41) is 0. The zero-order chi connectivity index (χ0) is 13.8. The summed E-state index contributed by atoms with van der Waals surface area (Å²) in [6.45, 7) is 5.06. The number of esters is 2. The Morgan fingerprint density at radius 2 is 1.67 bits per heavy atom. The molecule has 0 spiro atoms. The molecule has 0 aliphatic heterocycles. The van der Waals surface area contributed by atoms with Gasteiger partial charge in [-0.1, -0.05) is 30.3 Å². The quantitative estimate of drug-likeness (QED) is 0.611. The van der Waals surface area contributed by atoms with Crippen molar-refractivity contribution in [2.75, 3.05) is 7.11 Å². The third-order valence-electron chi connectivity index (χ3n) is 2.36. The molecule has 0 fully saturated rings. The molecule has 0 aliphatic carbocycles. The van der Waals surface area contributed by atoms with E-state index < -0.39 is 23.5 Å². The van der Waals surface area contributed by atoms with E-state index in [2.05, 4.69) is 0 Å². The van der Waals surface area contributed by atoms with Gasteiger partial charge >= 0.3 is 11.9 Å². The normalized spacial score (nSPS) is 12.9. The standard InChI is InChI=1S/C14H18O4/c1-14(2,3)13(16)18-12(15)11(17-4)10-8-6-5-7-9-10/h5-9,11H,1-4H3. The highest BCUT2D eigenvalue weighted by molar-refractivity contribution is 5.90. The molecule has 4 nitrogen and oxygen atoms in total. The van der Waals surface area contributed by atoms with E-state index in [1.54, 1.807) is 45.0 Å². The predicted octanol–water partition coefficient (Wildman–Crippen LogP) is 2.49. The highest BCUT2D eigenvalue weighted by Crippen LogP contribution is 2.21. The van der Waals surface area contributed by atoms with Gasteiger partial charge in [-0.3, -0.25) is 4.79 Å². The van der Waals surface area contributed by atoms with Gasteiger partial charge in [-0.2, -0.15) is 0 Å². The van der Waals surface area contributed by atoms with Crippen LogP contribution in [-0.4, -0.2) is 19.0 Å². The summed E-state index contributed by atoms with van der Waals surface area (Å²) < 4.78 is 9.90. The summed E-state index contributed by atoms with van der Waals surface area (Å²) >= 11 is 0. The van der Waals surface area contributed by atoms with Gasteiger partial charge in [0.2, 0.25) is 0 Å². The Balaban J connectivity index is 2.79. The van der Waals surface area contributed by atoms with Crippen molar-refractivity contribution in [3.05, 3.63) is 35.9 Å². The van der Waals surface area contributed by atoms with Crippen molar-refractivity contribution in [3.63, 3.8) is 0 Å². The molecule has 0 aromatic heterocycles. The van der Waals surface area contributed by atoms with Crippen LogP contribution in [-0.2, 0) is 19.1 Å². The third-order valence-corrected chi connectivity index (χ3v) is 2.36. The maximum Gasteiger partial charge on any atom is 0.347 e. The van der Waals surface area contributed by atoms with Crippen LogP contribution in [0.4, 0.5) is 0 Å². The molecule has 0 N–H and O–H groups in total. The lowest BCUT2D eigenvalue weighted by Gasteiger charge is -2.18. The van der Waals surface area contributed by atoms with Crippen LogP contribution in [0.1, 0.15) is 32.4 Å². The Hall–Kier alpha value is -1.68. The molecular weight excluding hydrogens is 232 g/mol. The molecule has 1 atom stereocenters. The number of rotatable bonds is 3. The van der Waals surface area contributed by atoms with Crippen molar-refractivity contribution in [1.82, 2.24) is 0 Å². The lowest BCUT2D eigenvalue weighted by atomic mass is 9.97. The van der Waals surface area contributed by atoms with Crippen molar-refractivity contribution < 1.29 is 19.1 Å². The number of benzene rings is 1. The van der Waals surface area contributed by atoms with Gasteiger partial charge in [0.25, 0.3) is 0 Å². The fourth-order valence-electron chi connectivity index (χ4n) is 1.29. The topological polar surface area (TPSA) is 52.6 Å². The number of hydrogen-bond donors (Lipinski definition) is 0. The van der Waals surface area contributed by atoms with Crippen LogP contribution in [0.2, 0.25) is 0 Å². The molecule has 0 amide bonds. The van der Waals surface area contributed by atoms with Crippen molar-refractivity contribution in [1.29, 1.82) is 0 Å². The fraction of sp³-hybridized carbons (Fsp3) is 0.429. The number of carbonyl (C=O) groups excluding carboxylic acids is 2. The molecule has 4 heteroatoms. The van der Waals surface area contributed by atoms with Gasteiger partial charge in [0, 0.05) is 7.11 Å². The van der Waals surface area contributed by atoms with Crippen molar-refractivity contribution in [2.45, 2.75) is 26.9 Å². The number of methoxy groups -OCH3 is 1. The lowest BCUT2D eigenvalue weighted by Crippen LogP contribution is -2.29. The minimum atomic E-state index is -0.877. The first-order valence-electron chi connectivity index (χ1n) is 5.70. The second-order valence-electron chi connectivity index (χ2n) is 4.98. The van der Waals surface area contributed by atoms with Crippen LogP contribution < -0.4 is 0 Å². The van der Waals surface area contributed by atoms with Gasteiger partial charge in [-0.05, 0) is 26.3 Å². The van der Waals surface area contributed by atoms with E-state index in [0.29, 0.717) is 5.56 Å². The van der Waals surface area contributed by atoms with Gasteiger partial charge in [0.15, 0.2) is 6.10 Å². The van der Waals surface area contributed by atoms with Crippen molar-refractivity contribution >= 4 is 11.9 Å². The summed E-state index contributed by atoms with van der Waals surface area (Å²) in [6, 6.07) is 8.91. The summed E-state index contributed by atoms with van der Waals surface area (Å²) in [7, 11) is 1.40. The molecule has 0 bridgehead atoms. The van der Waals surface area contributed by atoms with Crippen LogP contribution in [0.3, 0.4) is 0 Å². The molecule has 1 aromatic rings. The average Bonchev–Trinajstić information content (AvgIpc) is 2.30. The van der Waals surface area contributed by atoms with Gasteiger partial charge in [0.1, 0.15) is 0 Å².